The summed E-state index contributed by atoms with van der Waals surface area (Å²) in [5.74, 6) is 0.587. The Morgan fingerprint density at radius 2 is 2.10 bits per heavy atom. The fourth-order valence-corrected chi connectivity index (χ4v) is 3.78. The normalized spacial score (nSPS) is 27.3. The Hall–Kier alpha value is -1.33. The third-order valence-electron chi connectivity index (χ3n) is 4.78. The van der Waals surface area contributed by atoms with Crippen molar-refractivity contribution in [3.63, 3.8) is 0 Å². The zero-order chi connectivity index (χ0) is 14.3. The molecule has 0 aliphatic heterocycles. The lowest BCUT2D eigenvalue weighted by atomic mass is 9.61. The zero-order valence-electron chi connectivity index (χ0n) is 11.0. The van der Waals surface area contributed by atoms with Crippen LogP contribution < -0.4 is 10.5 Å². The maximum atomic E-state index is 10.7. The van der Waals surface area contributed by atoms with E-state index < -0.39 is 4.92 Å². The number of nitrogens with zero attached hydrogens (tertiary/aromatic N) is 1. The van der Waals surface area contributed by atoms with Gasteiger partial charge in [0.15, 0.2) is 0 Å². The van der Waals surface area contributed by atoms with Crippen LogP contribution in [0.3, 0.4) is 0 Å². The lowest BCUT2D eigenvalue weighted by Crippen LogP contribution is -2.62. The fraction of sp³-hybridized carbons (Fsp3) is 0.571. The third kappa shape index (κ3) is 2.05. The van der Waals surface area contributed by atoms with E-state index in [1.165, 1.54) is 25.0 Å². The van der Waals surface area contributed by atoms with Crippen LogP contribution in [0.5, 0.6) is 5.75 Å². The van der Waals surface area contributed by atoms with Crippen molar-refractivity contribution >= 4 is 17.3 Å². The first-order chi connectivity index (χ1) is 9.53. The highest BCUT2D eigenvalue weighted by molar-refractivity contribution is 6.32. The van der Waals surface area contributed by atoms with Crippen molar-refractivity contribution in [3.05, 3.63) is 33.3 Å². The van der Waals surface area contributed by atoms with E-state index in [9.17, 15) is 10.1 Å². The molecule has 2 saturated carbocycles. The minimum absolute atomic E-state index is 0.0973. The Kier molecular flexibility index (Phi) is 3.34. The maximum Gasteiger partial charge on any atom is 0.288 e. The number of halogens is 1. The minimum atomic E-state index is -0.496. The van der Waals surface area contributed by atoms with Gasteiger partial charge in [-0.1, -0.05) is 24.4 Å². The smallest absolute Gasteiger partial charge is 0.288 e. The summed E-state index contributed by atoms with van der Waals surface area (Å²) >= 11 is 5.90. The first kappa shape index (κ1) is 13.6. The Bertz CT molecular complexity index is 543. The van der Waals surface area contributed by atoms with Crippen LogP contribution in [-0.2, 0) is 0 Å². The number of nitro groups is 1. The molecule has 1 aromatic carbocycles. The Morgan fingerprint density at radius 3 is 2.65 bits per heavy atom. The second-order valence-electron chi connectivity index (χ2n) is 5.76. The molecule has 5 nitrogen and oxygen atoms in total. The first-order valence-electron chi connectivity index (χ1n) is 6.89. The monoisotopic (exact) mass is 296 g/mol. The summed E-state index contributed by atoms with van der Waals surface area (Å²) in [5, 5.41) is 10.8. The minimum Gasteiger partial charge on any atom is -0.490 e. The average molecular weight is 297 g/mol. The van der Waals surface area contributed by atoms with Crippen molar-refractivity contribution in [2.24, 2.45) is 11.1 Å². The van der Waals surface area contributed by atoms with E-state index in [4.69, 9.17) is 22.1 Å². The molecule has 2 atom stereocenters. The molecule has 0 aromatic heterocycles. The zero-order valence-corrected chi connectivity index (χ0v) is 11.8. The molecular formula is C14H17ClN2O3. The van der Waals surface area contributed by atoms with E-state index in [0.717, 1.165) is 19.3 Å². The maximum absolute atomic E-state index is 10.7. The average Bonchev–Trinajstić information content (AvgIpc) is 2.90. The van der Waals surface area contributed by atoms with Crippen LogP contribution in [0, 0.1) is 15.5 Å². The molecule has 2 unspecified atom stereocenters. The molecule has 6 heteroatoms. The number of rotatable bonds is 3. The Morgan fingerprint density at radius 1 is 1.40 bits per heavy atom. The molecule has 2 aliphatic rings. The Balaban J connectivity index is 1.76. The van der Waals surface area contributed by atoms with Crippen LogP contribution in [0.25, 0.3) is 0 Å². The number of nitrogens with two attached hydrogens (primary N) is 1. The molecule has 2 N–H and O–H groups in total. The molecular weight excluding hydrogens is 280 g/mol. The van der Waals surface area contributed by atoms with Gasteiger partial charge in [-0.05, 0) is 18.9 Å². The number of benzene rings is 1. The summed E-state index contributed by atoms with van der Waals surface area (Å²) in [7, 11) is 0. The van der Waals surface area contributed by atoms with E-state index in [1.54, 1.807) is 6.07 Å². The number of hydrogen-bond acceptors (Lipinski definition) is 4. The van der Waals surface area contributed by atoms with Gasteiger partial charge >= 0.3 is 0 Å². The van der Waals surface area contributed by atoms with Crippen LogP contribution in [0.2, 0.25) is 5.02 Å². The molecule has 1 aromatic rings. The van der Waals surface area contributed by atoms with Gasteiger partial charge in [-0.15, -0.1) is 0 Å². The largest absolute Gasteiger partial charge is 0.490 e. The van der Waals surface area contributed by atoms with Gasteiger partial charge in [0.25, 0.3) is 5.69 Å². The lowest BCUT2D eigenvalue weighted by molar-refractivity contribution is -0.384. The van der Waals surface area contributed by atoms with Crippen LogP contribution in [-0.4, -0.2) is 17.1 Å². The quantitative estimate of drug-likeness (QED) is 0.686. The lowest BCUT2D eigenvalue weighted by Gasteiger charge is -2.52. The van der Waals surface area contributed by atoms with Gasteiger partial charge in [-0.3, -0.25) is 10.1 Å². The number of hydrogen-bond donors (Lipinski definition) is 1. The Labute approximate surface area is 122 Å². The summed E-state index contributed by atoms with van der Waals surface area (Å²) in [6, 6.07) is 4.73. The molecule has 0 radical (unpaired) electrons. The molecule has 20 heavy (non-hydrogen) atoms. The highest BCUT2D eigenvalue weighted by Gasteiger charge is 2.56. The molecule has 0 heterocycles. The number of nitro benzene ring substituents is 1. The molecule has 1 spiro atoms. The molecule has 2 aliphatic carbocycles. The second kappa shape index (κ2) is 4.90. The third-order valence-corrected chi connectivity index (χ3v) is 5.08. The van der Waals surface area contributed by atoms with Crippen LogP contribution in [0.1, 0.15) is 32.1 Å². The van der Waals surface area contributed by atoms with Gasteiger partial charge in [0.2, 0.25) is 0 Å². The summed E-state index contributed by atoms with van der Waals surface area (Å²) in [5.41, 5.74) is 6.17. The van der Waals surface area contributed by atoms with Crippen LogP contribution in [0.15, 0.2) is 18.2 Å². The summed E-state index contributed by atoms with van der Waals surface area (Å²) in [6.07, 6.45) is 5.58. The van der Waals surface area contributed by atoms with Gasteiger partial charge in [0.1, 0.15) is 16.9 Å². The van der Waals surface area contributed by atoms with Crippen molar-refractivity contribution in [3.8, 4) is 5.75 Å². The predicted molar refractivity (Wildman–Crippen MR) is 76.0 cm³/mol. The van der Waals surface area contributed by atoms with Gasteiger partial charge in [-0.2, -0.15) is 0 Å². The van der Waals surface area contributed by atoms with E-state index >= 15 is 0 Å². The SMILES string of the molecule is NC1CC(Oc2ccc([N+](=O)[O-])c(Cl)c2)C12CCCC2. The molecule has 0 saturated heterocycles. The van der Waals surface area contributed by atoms with Crippen molar-refractivity contribution in [1.82, 2.24) is 0 Å². The van der Waals surface area contributed by atoms with Crippen molar-refractivity contribution in [2.45, 2.75) is 44.2 Å². The van der Waals surface area contributed by atoms with E-state index in [-0.39, 0.29) is 28.3 Å². The first-order valence-corrected chi connectivity index (χ1v) is 7.27. The van der Waals surface area contributed by atoms with E-state index in [0.29, 0.717) is 5.75 Å². The van der Waals surface area contributed by atoms with Crippen LogP contribution >= 0.6 is 11.6 Å². The summed E-state index contributed by atoms with van der Waals surface area (Å²) in [4.78, 5) is 10.2. The summed E-state index contributed by atoms with van der Waals surface area (Å²) < 4.78 is 5.99. The van der Waals surface area contributed by atoms with E-state index in [2.05, 4.69) is 0 Å². The second-order valence-corrected chi connectivity index (χ2v) is 6.17. The highest BCUT2D eigenvalue weighted by Crippen LogP contribution is 2.53. The molecule has 3 rings (SSSR count). The molecule has 0 amide bonds. The van der Waals surface area contributed by atoms with Crippen molar-refractivity contribution in [2.75, 3.05) is 0 Å². The van der Waals surface area contributed by atoms with Crippen molar-refractivity contribution in [1.29, 1.82) is 0 Å². The van der Waals surface area contributed by atoms with Gasteiger partial charge in [-0.25, -0.2) is 0 Å². The highest BCUT2D eigenvalue weighted by atomic mass is 35.5. The van der Waals surface area contributed by atoms with Gasteiger partial charge in [0, 0.05) is 30.0 Å². The van der Waals surface area contributed by atoms with Crippen LogP contribution in [0.4, 0.5) is 5.69 Å². The molecule has 2 fully saturated rings. The van der Waals surface area contributed by atoms with Crippen molar-refractivity contribution < 1.29 is 9.66 Å². The fourth-order valence-electron chi connectivity index (χ4n) is 3.54. The predicted octanol–water partition coefficient (Wildman–Crippen LogP) is 3.29. The molecule has 108 valence electrons. The van der Waals surface area contributed by atoms with Gasteiger partial charge in [0.05, 0.1) is 4.92 Å². The molecule has 0 bridgehead atoms. The topological polar surface area (TPSA) is 78.4 Å². The van der Waals surface area contributed by atoms with E-state index in [1.807, 2.05) is 0 Å². The summed E-state index contributed by atoms with van der Waals surface area (Å²) in [6.45, 7) is 0. The standard InChI is InChI=1S/C14H17ClN2O3/c15-10-7-9(3-4-11(10)17(18)19)20-13-8-12(16)14(13)5-1-2-6-14/h3-4,7,12-13H,1-2,5-6,8,16H2. The number of ether oxygens (including phenoxy) is 1. The van der Waals surface area contributed by atoms with Gasteiger partial charge < -0.3 is 10.5 Å².